The van der Waals surface area contributed by atoms with Crippen molar-refractivity contribution in [2.24, 2.45) is 0 Å². The molecule has 118 valence electrons. The molecule has 0 bridgehead atoms. The molecule has 5 nitrogen and oxygen atoms in total. The van der Waals surface area contributed by atoms with Crippen molar-refractivity contribution < 1.29 is 31.1 Å². The maximum atomic E-state index is 13.6. The van der Waals surface area contributed by atoms with Gasteiger partial charge in [-0.15, -0.1) is 0 Å². The number of hydrogen-bond donors (Lipinski definition) is 0. The lowest BCUT2D eigenvalue weighted by atomic mass is 10.3. The zero-order valence-corrected chi connectivity index (χ0v) is 12.2. The van der Waals surface area contributed by atoms with Gasteiger partial charge in [0.05, 0.1) is 7.11 Å². The molecule has 0 aliphatic rings. The third-order valence-corrected chi connectivity index (χ3v) is 4.46. The van der Waals surface area contributed by atoms with Crippen molar-refractivity contribution in [2.75, 3.05) is 20.2 Å². The first-order valence-electron chi connectivity index (χ1n) is 5.95. The van der Waals surface area contributed by atoms with E-state index in [1.54, 1.807) is 6.92 Å². The molecule has 0 N–H and O–H groups in total. The van der Waals surface area contributed by atoms with Crippen LogP contribution in [0.4, 0.5) is 13.2 Å². The summed E-state index contributed by atoms with van der Waals surface area (Å²) in [5.74, 6) is -5.28. The smallest absolute Gasteiger partial charge is 0.321 e. The molecule has 9 heteroatoms. The Morgan fingerprint density at radius 1 is 1.19 bits per heavy atom. The lowest BCUT2D eigenvalue weighted by Crippen LogP contribution is -2.37. The van der Waals surface area contributed by atoms with E-state index >= 15 is 0 Å². The quantitative estimate of drug-likeness (QED) is 0.590. The van der Waals surface area contributed by atoms with Crippen molar-refractivity contribution in [2.45, 2.75) is 18.2 Å². The van der Waals surface area contributed by atoms with Gasteiger partial charge in [0, 0.05) is 12.6 Å². The Bertz CT molecular complexity index is 634. The van der Waals surface area contributed by atoms with Gasteiger partial charge in [0.1, 0.15) is 17.3 Å². The number of benzene rings is 1. The Balaban J connectivity index is 3.28. The monoisotopic (exact) mass is 325 g/mol. The van der Waals surface area contributed by atoms with E-state index < -0.39 is 44.9 Å². The predicted molar refractivity (Wildman–Crippen MR) is 67.4 cm³/mol. The van der Waals surface area contributed by atoms with Crippen LogP contribution < -0.4 is 0 Å². The van der Waals surface area contributed by atoms with Crippen LogP contribution in [-0.4, -0.2) is 38.9 Å². The Labute approximate surface area is 120 Å². The van der Waals surface area contributed by atoms with Gasteiger partial charge in [0.2, 0.25) is 10.0 Å². The average Bonchev–Trinajstić information content (AvgIpc) is 2.41. The van der Waals surface area contributed by atoms with E-state index in [1.807, 2.05) is 0 Å². The number of sulfonamides is 1. The second-order valence-electron chi connectivity index (χ2n) is 4.11. The molecule has 0 aliphatic heterocycles. The molecule has 0 unspecified atom stereocenters. The molecule has 0 aromatic heterocycles. The minimum atomic E-state index is -4.49. The van der Waals surface area contributed by atoms with E-state index in [1.165, 1.54) is 0 Å². The van der Waals surface area contributed by atoms with Crippen molar-refractivity contribution >= 4 is 16.0 Å². The Kier molecular flexibility index (Phi) is 5.73. The maximum absolute atomic E-state index is 13.6. The Morgan fingerprint density at radius 2 is 1.76 bits per heavy atom. The number of nitrogens with zero attached hydrogens (tertiary/aromatic N) is 1. The third kappa shape index (κ3) is 3.94. The van der Waals surface area contributed by atoms with Crippen LogP contribution in [0.3, 0.4) is 0 Å². The van der Waals surface area contributed by atoms with Gasteiger partial charge >= 0.3 is 5.97 Å². The standard InChI is InChI=1S/C12H14F3NO4S/c1-3-4-16(7-12(17)20-2)21(18,19)11-6-9(14)8(13)5-10(11)15/h5-6H,3-4,7H2,1-2H3. The molecule has 21 heavy (non-hydrogen) atoms. The number of ether oxygens (including phenoxy) is 1. The van der Waals surface area contributed by atoms with Gasteiger partial charge in [0.25, 0.3) is 0 Å². The Morgan fingerprint density at radius 3 is 2.29 bits per heavy atom. The highest BCUT2D eigenvalue weighted by Gasteiger charge is 2.30. The lowest BCUT2D eigenvalue weighted by Gasteiger charge is -2.20. The fraction of sp³-hybridized carbons (Fsp3) is 0.417. The number of carbonyl (C=O) groups is 1. The minimum absolute atomic E-state index is 0.101. The summed E-state index contributed by atoms with van der Waals surface area (Å²) in [7, 11) is -3.42. The summed E-state index contributed by atoms with van der Waals surface area (Å²) in [4.78, 5) is 10.2. The molecule has 0 aliphatic carbocycles. The molecule has 0 saturated carbocycles. The summed E-state index contributed by atoms with van der Waals surface area (Å²) in [6, 6.07) is 0.393. The molecular weight excluding hydrogens is 311 g/mol. The SMILES string of the molecule is CCCN(CC(=O)OC)S(=O)(=O)c1cc(F)c(F)cc1F. The lowest BCUT2D eigenvalue weighted by molar-refractivity contribution is -0.140. The minimum Gasteiger partial charge on any atom is -0.468 e. The van der Waals surface area contributed by atoms with Gasteiger partial charge in [-0.1, -0.05) is 6.92 Å². The Hall–Kier alpha value is -1.61. The first-order chi connectivity index (χ1) is 9.73. The summed E-state index contributed by atoms with van der Waals surface area (Å²) in [5.41, 5.74) is 0. The zero-order valence-electron chi connectivity index (χ0n) is 11.4. The van der Waals surface area contributed by atoms with Crippen LogP contribution in [0.25, 0.3) is 0 Å². The highest BCUT2D eigenvalue weighted by atomic mass is 32.2. The largest absolute Gasteiger partial charge is 0.468 e. The molecule has 1 rings (SSSR count). The number of rotatable bonds is 6. The van der Waals surface area contributed by atoms with Gasteiger partial charge in [-0.05, 0) is 12.5 Å². The van der Waals surface area contributed by atoms with E-state index in [4.69, 9.17) is 0 Å². The van der Waals surface area contributed by atoms with Crippen LogP contribution in [0.2, 0.25) is 0 Å². The van der Waals surface area contributed by atoms with Gasteiger partial charge < -0.3 is 4.74 Å². The highest BCUT2D eigenvalue weighted by Crippen LogP contribution is 2.22. The number of hydrogen-bond acceptors (Lipinski definition) is 4. The molecule has 0 spiro atoms. The zero-order chi connectivity index (χ0) is 16.2. The maximum Gasteiger partial charge on any atom is 0.321 e. The van der Waals surface area contributed by atoms with Crippen molar-refractivity contribution in [3.8, 4) is 0 Å². The highest BCUT2D eigenvalue weighted by molar-refractivity contribution is 7.89. The summed E-state index contributed by atoms with van der Waals surface area (Å²) >= 11 is 0. The van der Waals surface area contributed by atoms with Crippen LogP contribution in [0, 0.1) is 17.5 Å². The summed E-state index contributed by atoms with van der Waals surface area (Å²) in [6.45, 7) is 0.891. The van der Waals surface area contributed by atoms with Crippen molar-refractivity contribution in [1.82, 2.24) is 4.31 Å². The molecule has 0 fully saturated rings. The molecule has 1 aromatic carbocycles. The van der Waals surface area contributed by atoms with Crippen LogP contribution in [0.5, 0.6) is 0 Å². The number of esters is 1. The van der Waals surface area contributed by atoms with Gasteiger partial charge in [-0.2, -0.15) is 4.31 Å². The van der Waals surface area contributed by atoms with E-state index in [0.29, 0.717) is 10.7 Å². The van der Waals surface area contributed by atoms with Crippen molar-refractivity contribution in [1.29, 1.82) is 0 Å². The molecule has 0 radical (unpaired) electrons. The molecule has 0 atom stereocenters. The second-order valence-corrected chi connectivity index (χ2v) is 6.02. The van der Waals surface area contributed by atoms with Gasteiger partial charge in [-0.25, -0.2) is 21.6 Å². The second kappa shape index (κ2) is 6.90. The van der Waals surface area contributed by atoms with Crippen LogP contribution >= 0.6 is 0 Å². The third-order valence-electron chi connectivity index (χ3n) is 2.60. The number of carbonyl (C=O) groups excluding carboxylic acids is 1. The summed E-state index contributed by atoms with van der Waals surface area (Å²) in [5, 5.41) is 0. The predicted octanol–water partition coefficient (Wildman–Crippen LogP) is 1.68. The van der Waals surface area contributed by atoms with E-state index in [9.17, 15) is 26.4 Å². The van der Waals surface area contributed by atoms with Gasteiger partial charge in [0.15, 0.2) is 11.6 Å². The van der Waals surface area contributed by atoms with E-state index in [-0.39, 0.29) is 18.7 Å². The summed E-state index contributed by atoms with van der Waals surface area (Å²) < 4.78 is 69.1. The molecule has 0 amide bonds. The van der Waals surface area contributed by atoms with Crippen LogP contribution in [-0.2, 0) is 19.6 Å². The topological polar surface area (TPSA) is 63.7 Å². The normalized spacial score (nSPS) is 11.7. The van der Waals surface area contributed by atoms with Crippen LogP contribution in [0.15, 0.2) is 17.0 Å². The first kappa shape index (κ1) is 17.4. The van der Waals surface area contributed by atoms with Crippen molar-refractivity contribution in [3.63, 3.8) is 0 Å². The van der Waals surface area contributed by atoms with Crippen molar-refractivity contribution in [3.05, 3.63) is 29.6 Å². The molecule has 0 heterocycles. The van der Waals surface area contributed by atoms with Gasteiger partial charge in [-0.3, -0.25) is 4.79 Å². The average molecular weight is 325 g/mol. The first-order valence-corrected chi connectivity index (χ1v) is 7.39. The molecule has 1 aromatic rings. The van der Waals surface area contributed by atoms with Crippen LogP contribution in [0.1, 0.15) is 13.3 Å². The molecule has 0 saturated heterocycles. The fourth-order valence-corrected chi connectivity index (χ4v) is 3.12. The number of halogens is 3. The fourth-order valence-electron chi connectivity index (χ4n) is 1.58. The molecular formula is C12H14F3NO4S. The van der Waals surface area contributed by atoms with E-state index in [0.717, 1.165) is 7.11 Å². The summed E-state index contributed by atoms with van der Waals surface area (Å²) in [6.07, 6.45) is 0.335. The number of methoxy groups -OCH3 is 1. The van der Waals surface area contributed by atoms with E-state index in [2.05, 4.69) is 4.74 Å².